The zero-order chi connectivity index (χ0) is 12.4. The third-order valence-electron chi connectivity index (χ3n) is 3.04. The minimum absolute atomic E-state index is 0.123. The summed E-state index contributed by atoms with van der Waals surface area (Å²) in [5, 5.41) is 1.15. The van der Waals surface area contributed by atoms with Gasteiger partial charge in [0, 0.05) is 31.7 Å². The van der Waals surface area contributed by atoms with Crippen LogP contribution in [-0.4, -0.2) is 29.0 Å². The zero-order valence-electron chi connectivity index (χ0n) is 10.6. The number of rotatable bonds is 0. The molecule has 2 heterocycles. The molecule has 1 aliphatic rings. The van der Waals surface area contributed by atoms with Gasteiger partial charge in [-0.15, -0.1) is 0 Å². The summed E-state index contributed by atoms with van der Waals surface area (Å²) in [4.78, 5) is 13.8. The van der Waals surface area contributed by atoms with Gasteiger partial charge in [-0.2, -0.15) is 0 Å². The first kappa shape index (κ1) is 11.7. The van der Waals surface area contributed by atoms with Crippen molar-refractivity contribution in [2.75, 3.05) is 13.6 Å². The lowest BCUT2D eigenvalue weighted by atomic mass is 10.1. The molecule has 0 saturated heterocycles. The molecule has 1 aliphatic heterocycles. The van der Waals surface area contributed by atoms with E-state index in [0.29, 0.717) is 0 Å². The van der Waals surface area contributed by atoms with Crippen molar-refractivity contribution in [3.05, 3.63) is 36.0 Å². The Bertz CT molecular complexity index is 542. The van der Waals surface area contributed by atoms with Gasteiger partial charge in [-0.25, -0.2) is 0 Å². The molecule has 0 unspecified atom stereocenters. The van der Waals surface area contributed by atoms with Crippen LogP contribution in [0.25, 0.3) is 10.9 Å². The van der Waals surface area contributed by atoms with Gasteiger partial charge >= 0.3 is 0 Å². The monoisotopic (exact) mass is 230 g/mol. The van der Waals surface area contributed by atoms with Crippen molar-refractivity contribution < 1.29 is 4.79 Å². The number of hydrogen-bond acceptors (Lipinski definition) is 1. The Kier molecular flexibility index (Phi) is 3.18. The molecule has 90 valence electrons. The van der Waals surface area contributed by atoms with E-state index in [1.165, 1.54) is 0 Å². The average molecular weight is 230 g/mol. The molecular formula is C14H18N2O. The molecule has 17 heavy (non-hydrogen) atoms. The van der Waals surface area contributed by atoms with E-state index < -0.39 is 0 Å². The topological polar surface area (TPSA) is 25.2 Å². The van der Waals surface area contributed by atoms with Gasteiger partial charge in [0.25, 0.3) is 5.91 Å². The molecule has 0 fully saturated rings. The van der Waals surface area contributed by atoms with Crippen LogP contribution in [0.5, 0.6) is 0 Å². The molecule has 0 N–H and O–H groups in total. The molecule has 3 heteroatoms. The van der Waals surface area contributed by atoms with Crippen LogP contribution in [0, 0.1) is 0 Å². The predicted octanol–water partition coefficient (Wildman–Crippen LogP) is 2.75. The van der Waals surface area contributed by atoms with Crippen LogP contribution in [0.15, 0.2) is 30.5 Å². The molecule has 2 aromatic rings. The molecule has 3 nitrogen and oxygen atoms in total. The van der Waals surface area contributed by atoms with E-state index in [1.54, 1.807) is 4.90 Å². The predicted molar refractivity (Wildman–Crippen MR) is 70.2 cm³/mol. The van der Waals surface area contributed by atoms with Gasteiger partial charge < -0.3 is 9.47 Å². The number of benzene rings is 1. The molecule has 1 aromatic carbocycles. The summed E-state index contributed by atoms with van der Waals surface area (Å²) in [6, 6.07) is 7.97. The number of aromatic nitrogens is 1. The molecule has 0 saturated carbocycles. The first-order chi connectivity index (χ1) is 8.27. The van der Waals surface area contributed by atoms with Crippen molar-refractivity contribution in [3.63, 3.8) is 0 Å². The molecule has 1 aromatic heterocycles. The van der Waals surface area contributed by atoms with Crippen LogP contribution in [0.2, 0.25) is 0 Å². The number of likely N-dealkylation sites (N-methyl/N-ethyl adjacent to an activating group) is 1. The summed E-state index contributed by atoms with van der Waals surface area (Å²) in [7, 11) is 1.85. The number of carbonyl (C=O) groups is 1. The Morgan fingerprint density at radius 2 is 1.88 bits per heavy atom. The Hall–Kier alpha value is -1.77. The van der Waals surface area contributed by atoms with Crippen LogP contribution in [0.3, 0.4) is 0 Å². The summed E-state index contributed by atoms with van der Waals surface area (Å²) >= 11 is 0. The maximum atomic E-state index is 12.0. The Balaban J connectivity index is 0.000000514. The van der Waals surface area contributed by atoms with Gasteiger partial charge in [-0.1, -0.05) is 26.0 Å². The Morgan fingerprint density at radius 3 is 2.65 bits per heavy atom. The first-order valence-corrected chi connectivity index (χ1v) is 6.11. The third kappa shape index (κ3) is 1.82. The highest BCUT2D eigenvalue weighted by Gasteiger charge is 2.20. The van der Waals surface area contributed by atoms with Gasteiger partial charge in [-0.3, -0.25) is 4.79 Å². The van der Waals surface area contributed by atoms with Crippen molar-refractivity contribution in [3.8, 4) is 0 Å². The quantitative estimate of drug-likeness (QED) is 0.683. The Morgan fingerprint density at radius 1 is 1.12 bits per heavy atom. The number of amides is 1. The number of para-hydroxylation sites is 1. The third-order valence-corrected chi connectivity index (χ3v) is 3.04. The highest BCUT2D eigenvalue weighted by atomic mass is 16.2. The lowest BCUT2D eigenvalue weighted by Gasteiger charge is -2.13. The van der Waals surface area contributed by atoms with E-state index in [1.807, 2.05) is 39.1 Å². The summed E-state index contributed by atoms with van der Waals surface area (Å²) < 4.78 is 2.16. The molecule has 0 radical (unpaired) electrons. The van der Waals surface area contributed by atoms with E-state index >= 15 is 0 Å². The van der Waals surface area contributed by atoms with Gasteiger partial charge in [0.15, 0.2) is 0 Å². The van der Waals surface area contributed by atoms with E-state index in [0.717, 1.165) is 29.6 Å². The summed E-state index contributed by atoms with van der Waals surface area (Å²) in [5.41, 5.74) is 1.89. The fourth-order valence-electron chi connectivity index (χ4n) is 2.19. The molecule has 0 aliphatic carbocycles. The molecule has 1 amide bonds. The zero-order valence-corrected chi connectivity index (χ0v) is 10.6. The highest BCUT2D eigenvalue weighted by molar-refractivity contribution is 6.06. The maximum Gasteiger partial charge on any atom is 0.255 e. The number of hydrogen-bond donors (Lipinski definition) is 0. The van der Waals surface area contributed by atoms with Crippen LogP contribution >= 0.6 is 0 Å². The molecule has 0 bridgehead atoms. The van der Waals surface area contributed by atoms with Crippen LogP contribution in [0.1, 0.15) is 24.2 Å². The van der Waals surface area contributed by atoms with Crippen LogP contribution in [-0.2, 0) is 6.54 Å². The normalized spacial score (nSPS) is 14.3. The average Bonchev–Trinajstić information content (AvgIpc) is 2.75. The van der Waals surface area contributed by atoms with Crippen molar-refractivity contribution in [2.24, 2.45) is 0 Å². The molecule has 0 spiro atoms. The lowest BCUT2D eigenvalue weighted by Crippen LogP contribution is -2.27. The number of carbonyl (C=O) groups excluding carboxylic acids is 1. The van der Waals surface area contributed by atoms with E-state index in [2.05, 4.69) is 16.8 Å². The largest absolute Gasteiger partial charge is 0.345 e. The van der Waals surface area contributed by atoms with E-state index in [4.69, 9.17) is 0 Å². The smallest absolute Gasteiger partial charge is 0.255 e. The van der Waals surface area contributed by atoms with E-state index in [-0.39, 0.29) is 5.91 Å². The number of nitrogens with zero attached hydrogens (tertiary/aromatic N) is 2. The Labute approximate surface area is 102 Å². The minimum atomic E-state index is 0.123. The highest BCUT2D eigenvalue weighted by Crippen LogP contribution is 2.23. The van der Waals surface area contributed by atoms with Crippen LogP contribution < -0.4 is 0 Å². The van der Waals surface area contributed by atoms with Gasteiger partial charge in [0.1, 0.15) is 0 Å². The maximum absolute atomic E-state index is 12.0. The van der Waals surface area contributed by atoms with E-state index in [9.17, 15) is 4.79 Å². The van der Waals surface area contributed by atoms with Crippen LogP contribution in [0.4, 0.5) is 0 Å². The fourth-order valence-corrected chi connectivity index (χ4v) is 2.19. The van der Waals surface area contributed by atoms with Crippen molar-refractivity contribution in [2.45, 2.75) is 20.4 Å². The van der Waals surface area contributed by atoms with Crippen molar-refractivity contribution >= 4 is 16.8 Å². The minimum Gasteiger partial charge on any atom is -0.345 e. The second-order valence-corrected chi connectivity index (χ2v) is 3.98. The van der Waals surface area contributed by atoms with Gasteiger partial charge in [-0.05, 0) is 12.1 Å². The van der Waals surface area contributed by atoms with Crippen molar-refractivity contribution in [1.29, 1.82) is 0 Å². The first-order valence-electron chi connectivity index (χ1n) is 6.11. The SMILES string of the molecule is CC.CN1CCn2ccc3cccc(c32)C1=O. The summed E-state index contributed by atoms with van der Waals surface area (Å²) in [6.45, 7) is 5.65. The molecular weight excluding hydrogens is 212 g/mol. The second-order valence-electron chi connectivity index (χ2n) is 3.98. The summed E-state index contributed by atoms with van der Waals surface area (Å²) in [6.07, 6.45) is 2.06. The lowest BCUT2D eigenvalue weighted by molar-refractivity contribution is 0.0798. The van der Waals surface area contributed by atoms with Gasteiger partial charge in [0.2, 0.25) is 0 Å². The molecule has 0 atom stereocenters. The molecule has 3 rings (SSSR count). The standard InChI is InChI=1S/C12H12N2O.C2H6/c1-13-7-8-14-6-5-9-3-2-4-10(11(9)14)12(13)15;1-2/h2-6H,7-8H2,1H3;1-2H3. The second kappa shape index (κ2) is 4.62. The summed E-state index contributed by atoms with van der Waals surface area (Å²) in [5.74, 6) is 0.123. The van der Waals surface area contributed by atoms with Crippen molar-refractivity contribution in [1.82, 2.24) is 9.47 Å². The van der Waals surface area contributed by atoms with Gasteiger partial charge in [0.05, 0.1) is 11.1 Å². The fraction of sp³-hybridized carbons (Fsp3) is 0.357.